The van der Waals surface area contributed by atoms with Gasteiger partial charge in [0.05, 0.1) is 6.61 Å². The van der Waals surface area contributed by atoms with Crippen LogP contribution in [-0.2, 0) is 10.1 Å². The van der Waals surface area contributed by atoms with Gasteiger partial charge in [-0.2, -0.15) is 0 Å². The van der Waals surface area contributed by atoms with Crippen LogP contribution in [0.25, 0.3) is 0 Å². The lowest BCUT2D eigenvalue weighted by molar-refractivity contribution is -0.117. The van der Waals surface area contributed by atoms with Gasteiger partial charge in [0.25, 0.3) is 0 Å². The van der Waals surface area contributed by atoms with E-state index in [1.54, 1.807) is 0 Å². The van der Waals surface area contributed by atoms with Gasteiger partial charge in [-0.25, -0.2) is 0 Å². The number of carbonyl (C=O) groups is 1. The number of nitrogens with one attached hydrogen (secondary N) is 1. The van der Waals surface area contributed by atoms with E-state index in [0.29, 0.717) is 18.4 Å². The van der Waals surface area contributed by atoms with Crippen molar-refractivity contribution in [3.63, 3.8) is 0 Å². The molecule has 2 unspecified atom stereocenters. The Bertz CT molecular complexity index is 520. The number of amides is 1. The van der Waals surface area contributed by atoms with Gasteiger partial charge in [0.2, 0.25) is 5.91 Å². The van der Waals surface area contributed by atoms with Crippen LogP contribution in [0.1, 0.15) is 38.2 Å². The maximum atomic E-state index is 12.4. The first kappa shape index (κ1) is 14.9. The molecule has 1 aromatic rings. The number of ether oxygens (including phenoxy) is 1. The Balaban J connectivity index is 1.66. The van der Waals surface area contributed by atoms with Crippen LogP contribution in [-0.4, -0.2) is 12.5 Å². The molecule has 2 saturated carbocycles. The number of fused-ring (bicyclic) bond motifs is 1. The van der Waals surface area contributed by atoms with Crippen molar-refractivity contribution in [2.45, 2.75) is 37.9 Å². The van der Waals surface area contributed by atoms with Crippen LogP contribution in [0.2, 0.25) is 0 Å². The van der Waals surface area contributed by atoms with E-state index in [4.69, 9.17) is 4.74 Å². The Labute approximate surface area is 134 Å². The number of alkyl halides is 1. The lowest BCUT2D eigenvalue weighted by atomic mass is 10.0. The van der Waals surface area contributed by atoms with Gasteiger partial charge in [-0.3, -0.25) is 4.79 Å². The predicted octanol–water partition coefficient (Wildman–Crippen LogP) is 4.35. The zero-order valence-corrected chi connectivity index (χ0v) is 14.0. The first-order valence-electron chi connectivity index (χ1n) is 7.87. The smallest absolute Gasteiger partial charge is 0.228 e. The molecule has 1 N–H and O–H groups in total. The van der Waals surface area contributed by atoms with Gasteiger partial charge >= 0.3 is 0 Å². The maximum Gasteiger partial charge on any atom is 0.228 e. The number of hydrogen-bond acceptors (Lipinski definition) is 2. The molecule has 2 aliphatic rings. The summed E-state index contributed by atoms with van der Waals surface area (Å²) in [7, 11) is 0. The van der Waals surface area contributed by atoms with Gasteiger partial charge in [-0.1, -0.05) is 28.8 Å². The zero-order chi connectivity index (χ0) is 14.8. The third-order valence-corrected chi connectivity index (χ3v) is 5.34. The van der Waals surface area contributed by atoms with Crippen molar-refractivity contribution in [2.24, 2.45) is 17.8 Å². The molecule has 4 heteroatoms. The fourth-order valence-electron chi connectivity index (χ4n) is 3.66. The standard InChI is InChI=1S/C17H22BrNO2/c1-2-21-15-8-7-12(9-11(15)10-18)19-17(20)16-13-5-3-4-6-14(13)16/h7-9,13-14,16H,2-6,10H2,1H3,(H,19,20). The average Bonchev–Trinajstić information content (AvgIpc) is 3.23. The lowest BCUT2D eigenvalue weighted by Crippen LogP contribution is -2.15. The van der Waals surface area contributed by atoms with Crippen molar-refractivity contribution in [1.82, 2.24) is 0 Å². The number of rotatable bonds is 5. The third-order valence-electron chi connectivity index (χ3n) is 4.73. The van der Waals surface area contributed by atoms with E-state index in [-0.39, 0.29) is 11.8 Å². The van der Waals surface area contributed by atoms with E-state index < -0.39 is 0 Å². The van der Waals surface area contributed by atoms with Crippen LogP contribution in [0.5, 0.6) is 5.75 Å². The molecule has 114 valence electrons. The van der Waals surface area contributed by atoms with Gasteiger partial charge in [0.15, 0.2) is 0 Å². The molecule has 0 radical (unpaired) electrons. The minimum Gasteiger partial charge on any atom is -0.494 e. The average molecular weight is 352 g/mol. The van der Waals surface area contributed by atoms with Crippen LogP contribution >= 0.6 is 15.9 Å². The molecule has 1 amide bonds. The van der Waals surface area contributed by atoms with Gasteiger partial charge in [0.1, 0.15) is 5.75 Å². The van der Waals surface area contributed by atoms with E-state index in [1.807, 2.05) is 25.1 Å². The highest BCUT2D eigenvalue weighted by Crippen LogP contribution is 2.55. The Morgan fingerprint density at radius 3 is 2.67 bits per heavy atom. The minimum atomic E-state index is 0.205. The SMILES string of the molecule is CCOc1ccc(NC(=O)C2C3CCCCC32)cc1CBr. The zero-order valence-electron chi connectivity index (χ0n) is 12.4. The van der Waals surface area contributed by atoms with Crippen molar-refractivity contribution in [2.75, 3.05) is 11.9 Å². The first-order valence-corrected chi connectivity index (χ1v) is 8.99. The largest absolute Gasteiger partial charge is 0.494 e. The van der Waals surface area contributed by atoms with Crippen LogP contribution in [0.15, 0.2) is 18.2 Å². The summed E-state index contributed by atoms with van der Waals surface area (Å²) in [5.74, 6) is 2.64. The topological polar surface area (TPSA) is 38.3 Å². The number of carbonyl (C=O) groups excluding carboxylic acids is 1. The molecule has 2 fully saturated rings. The van der Waals surface area contributed by atoms with E-state index >= 15 is 0 Å². The second kappa shape index (κ2) is 6.39. The van der Waals surface area contributed by atoms with Crippen molar-refractivity contribution >= 4 is 27.5 Å². The third kappa shape index (κ3) is 3.10. The van der Waals surface area contributed by atoms with Crippen LogP contribution in [0.3, 0.4) is 0 Å². The first-order chi connectivity index (χ1) is 10.2. The second-order valence-electron chi connectivity index (χ2n) is 6.02. The number of anilines is 1. The molecule has 0 spiro atoms. The predicted molar refractivity (Wildman–Crippen MR) is 87.8 cm³/mol. The molecule has 0 bridgehead atoms. The summed E-state index contributed by atoms with van der Waals surface area (Å²) >= 11 is 3.48. The summed E-state index contributed by atoms with van der Waals surface area (Å²) in [5, 5.41) is 3.81. The molecule has 0 aliphatic heterocycles. The molecule has 1 aromatic carbocycles. The van der Waals surface area contributed by atoms with E-state index in [9.17, 15) is 4.79 Å². The van der Waals surface area contributed by atoms with Gasteiger partial charge < -0.3 is 10.1 Å². The summed E-state index contributed by atoms with van der Waals surface area (Å²) in [5.41, 5.74) is 1.95. The molecule has 3 nitrogen and oxygen atoms in total. The minimum absolute atomic E-state index is 0.205. The van der Waals surface area contributed by atoms with Crippen molar-refractivity contribution in [3.05, 3.63) is 23.8 Å². The Morgan fingerprint density at radius 1 is 1.33 bits per heavy atom. The summed E-state index contributed by atoms with van der Waals surface area (Å²) in [4.78, 5) is 12.4. The molecule has 0 aromatic heterocycles. The summed E-state index contributed by atoms with van der Waals surface area (Å²) in [6.07, 6.45) is 5.06. The summed E-state index contributed by atoms with van der Waals surface area (Å²) in [6.45, 7) is 2.62. The fraction of sp³-hybridized carbons (Fsp3) is 0.588. The lowest BCUT2D eigenvalue weighted by Gasteiger charge is -2.11. The highest BCUT2D eigenvalue weighted by Gasteiger charge is 2.54. The second-order valence-corrected chi connectivity index (χ2v) is 6.58. The van der Waals surface area contributed by atoms with E-state index in [1.165, 1.54) is 25.7 Å². The molecule has 0 heterocycles. The maximum absolute atomic E-state index is 12.4. The van der Waals surface area contributed by atoms with Crippen molar-refractivity contribution in [3.8, 4) is 5.75 Å². The highest BCUT2D eigenvalue weighted by molar-refractivity contribution is 9.08. The van der Waals surface area contributed by atoms with Gasteiger partial charge in [-0.05, 0) is 49.8 Å². The molecule has 3 rings (SSSR count). The Kier molecular flexibility index (Phi) is 4.53. The number of hydrogen-bond donors (Lipinski definition) is 1. The van der Waals surface area contributed by atoms with Crippen LogP contribution in [0.4, 0.5) is 5.69 Å². The summed E-state index contributed by atoms with van der Waals surface area (Å²) in [6, 6.07) is 5.88. The van der Waals surface area contributed by atoms with Crippen LogP contribution < -0.4 is 10.1 Å². The fourth-order valence-corrected chi connectivity index (χ4v) is 4.10. The molecular formula is C17H22BrNO2. The Morgan fingerprint density at radius 2 is 2.05 bits per heavy atom. The highest BCUT2D eigenvalue weighted by atomic mass is 79.9. The van der Waals surface area contributed by atoms with Gasteiger partial charge in [-0.15, -0.1) is 0 Å². The quantitative estimate of drug-likeness (QED) is 0.800. The molecule has 21 heavy (non-hydrogen) atoms. The van der Waals surface area contributed by atoms with E-state index in [2.05, 4.69) is 21.2 Å². The molecular weight excluding hydrogens is 330 g/mol. The number of benzene rings is 1. The Hall–Kier alpha value is -1.03. The van der Waals surface area contributed by atoms with Crippen LogP contribution in [0, 0.1) is 17.8 Å². The van der Waals surface area contributed by atoms with Gasteiger partial charge in [0, 0.05) is 22.5 Å². The molecule has 0 saturated heterocycles. The van der Waals surface area contributed by atoms with Crippen molar-refractivity contribution in [1.29, 1.82) is 0 Å². The monoisotopic (exact) mass is 351 g/mol. The summed E-state index contributed by atoms with van der Waals surface area (Å²) < 4.78 is 5.58. The normalized spacial score (nSPS) is 26.9. The van der Waals surface area contributed by atoms with Crippen molar-refractivity contribution < 1.29 is 9.53 Å². The molecule has 2 atom stereocenters. The molecule has 2 aliphatic carbocycles. The number of halogens is 1. The van der Waals surface area contributed by atoms with E-state index in [0.717, 1.165) is 22.3 Å².